The second-order valence-corrected chi connectivity index (χ2v) is 22.8. The van der Waals surface area contributed by atoms with Crippen LogP contribution in [0.1, 0.15) is 137 Å². The summed E-state index contributed by atoms with van der Waals surface area (Å²) in [6, 6.07) is 2.64. The van der Waals surface area contributed by atoms with Crippen LogP contribution < -0.4 is 27.0 Å². The minimum Gasteiger partial charge on any atom is -0.381 e. The van der Waals surface area contributed by atoms with Crippen molar-refractivity contribution in [3.63, 3.8) is 0 Å². The summed E-state index contributed by atoms with van der Waals surface area (Å²) >= 11 is 2.18. The Kier molecular flexibility index (Phi) is 14.1. The highest BCUT2D eigenvalue weighted by Gasteiger charge is 2.54. The number of methoxy groups -OCH3 is 2. The van der Waals surface area contributed by atoms with Gasteiger partial charge in [-0.2, -0.15) is 5.26 Å². The number of nitrogens with zero attached hydrogens (tertiary/aromatic N) is 4. The third-order valence-corrected chi connectivity index (χ3v) is 19.6. The van der Waals surface area contributed by atoms with Gasteiger partial charge in [0.1, 0.15) is 6.04 Å². The molecule has 0 aromatic carbocycles. The summed E-state index contributed by atoms with van der Waals surface area (Å²) in [6.07, 6.45) is 20.0. The standard InChI is InChI=1S/C47H79N9O4S/c1-27-29(3)61-46-42(27)43(49-28(2)44-54-51-30(4)56(44)46)32-8-14-37(40(23-32)59-6)31-17-19-47(20-18-31)21-22-55(26-47)41-16-15-38(52-53-41)45(57)50-34-9-12-35(13-10-34)60-36-11-7-33(25-48)39(24-36)58-5/h27-42,44,46,51-54H,7-24,26H2,1-6H3,(H,50,57)/t27?,28-,29?,30?,31?,32?,33?,34?,35?,36?,37?,38?,39?,40?,41?,42?,44?,46?,47?/m0/s1. The number of aliphatic imine (C=N–C) groups is 1. The van der Waals surface area contributed by atoms with E-state index >= 15 is 0 Å². The lowest BCUT2D eigenvalue weighted by Crippen LogP contribution is -2.62. The first-order valence-corrected chi connectivity index (χ1v) is 25.7. The molecule has 61 heavy (non-hydrogen) atoms. The van der Waals surface area contributed by atoms with Gasteiger partial charge in [0.25, 0.3) is 0 Å². The fourth-order valence-corrected chi connectivity index (χ4v) is 15.9. The highest BCUT2D eigenvalue weighted by atomic mass is 32.2. The van der Waals surface area contributed by atoms with Crippen LogP contribution in [0.25, 0.3) is 0 Å². The molecule has 4 aliphatic carbocycles. The summed E-state index contributed by atoms with van der Waals surface area (Å²) < 4.78 is 18.5. The maximum atomic E-state index is 13.4. The average Bonchev–Trinajstić information content (AvgIpc) is 3.95. The molecule has 9 rings (SSSR count). The largest absolute Gasteiger partial charge is 0.381 e. The summed E-state index contributed by atoms with van der Waals surface area (Å²) in [7, 11) is 3.68. The van der Waals surface area contributed by atoms with Gasteiger partial charge in [-0.3, -0.25) is 19.6 Å². The number of hydrogen-bond donors (Lipinski definition) is 5. The minimum atomic E-state index is -0.193. The number of hydrazine groups is 2. The lowest BCUT2D eigenvalue weighted by molar-refractivity contribution is -0.126. The number of rotatable bonds is 9. The molecule has 0 radical (unpaired) electrons. The smallest absolute Gasteiger partial charge is 0.238 e. The van der Waals surface area contributed by atoms with Gasteiger partial charge in [0.2, 0.25) is 5.91 Å². The molecular weight excluding hydrogens is 787 g/mol. The third kappa shape index (κ3) is 9.24. The summed E-state index contributed by atoms with van der Waals surface area (Å²) in [5.74, 6) is 3.15. The predicted octanol–water partition coefficient (Wildman–Crippen LogP) is 5.67. The van der Waals surface area contributed by atoms with E-state index in [9.17, 15) is 10.1 Å². The molecule has 15 atom stereocenters. The Bertz CT molecular complexity index is 1580. The molecule has 13 nitrogen and oxygen atoms in total. The molecule has 1 amide bonds. The Morgan fingerprint density at radius 2 is 1.62 bits per heavy atom. The first-order valence-electron chi connectivity index (χ1n) is 24.7. The molecule has 14 unspecified atom stereocenters. The van der Waals surface area contributed by atoms with Crippen LogP contribution in [0.2, 0.25) is 0 Å². The maximum Gasteiger partial charge on any atom is 0.238 e. The summed E-state index contributed by atoms with van der Waals surface area (Å²) in [5, 5.41) is 13.9. The van der Waals surface area contributed by atoms with E-state index in [1.54, 1.807) is 7.11 Å². The number of hydrogen-bond acceptors (Lipinski definition) is 13. The number of nitriles is 1. The maximum absolute atomic E-state index is 13.4. The van der Waals surface area contributed by atoms with E-state index in [2.05, 4.69) is 82.3 Å². The van der Waals surface area contributed by atoms with Gasteiger partial charge in [0, 0.05) is 56.7 Å². The second-order valence-electron chi connectivity index (χ2n) is 21.3. The number of fused-ring (bicyclic) bond motifs is 3. The van der Waals surface area contributed by atoms with Crippen molar-refractivity contribution in [3.05, 3.63) is 0 Å². The summed E-state index contributed by atoms with van der Waals surface area (Å²) in [4.78, 5) is 24.4. The minimum absolute atomic E-state index is 0.0263. The van der Waals surface area contributed by atoms with E-state index in [0.29, 0.717) is 52.0 Å². The van der Waals surface area contributed by atoms with Crippen molar-refractivity contribution in [2.75, 3.05) is 27.3 Å². The molecule has 1 spiro atoms. The fraction of sp³-hybridized carbons (Fsp3) is 0.936. The van der Waals surface area contributed by atoms with Crippen LogP contribution in [0.3, 0.4) is 0 Å². The number of likely N-dealkylation sites (tertiary alicyclic amines) is 1. The van der Waals surface area contributed by atoms with Crippen LogP contribution in [0.15, 0.2) is 4.99 Å². The Labute approximate surface area is 371 Å². The molecule has 4 saturated carbocycles. The molecule has 342 valence electrons. The number of thioether (sulfide) groups is 1. The Morgan fingerprint density at radius 1 is 0.852 bits per heavy atom. The first-order chi connectivity index (χ1) is 29.6. The van der Waals surface area contributed by atoms with Gasteiger partial charge in [-0.25, -0.2) is 21.7 Å². The first kappa shape index (κ1) is 44.8. The molecular formula is C47H79N9O4S. The van der Waals surface area contributed by atoms with Gasteiger partial charge in [-0.15, -0.1) is 11.8 Å². The quantitative estimate of drug-likeness (QED) is 0.195. The monoisotopic (exact) mass is 866 g/mol. The molecule has 5 N–H and O–H groups in total. The van der Waals surface area contributed by atoms with Gasteiger partial charge in [-0.05, 0) is 146 Å². The Hall–Kier alpha value is -1.38. The molecule has 0 aromatic heterocycles. The SMILES string of the molecule is COC1CC(OC2CCC(NC(=O)C3CCC(N4CCC5(CCC(C6CCC(C7=N[C@@H](C)C8NNC(C)N8C8SC(C)C(C)C78)CC6OC)CC5)C4)NN3)CC2)CCC1C#N. The zero-order valence-corrected chi connectivity index (χ0v) is 39.0. The van der Waals surface area contributed by atoms with Crippen LogP contribution in [0.4, 0.5) is 0 Å². The average molecular weight is 866 g/mol. The van der Waals surface area contributed by atoms with Crippen molar-refractivity contribution < 1.29 is 19.0 Å². The highest BCUT2D eigenvalue weighted by Crippen LogP contribution is 2.53. The van der Waals surface area contributed by atoms with Crippen molar-refractivity contribution in [1.82, 2.24) is 36.8 Å². The van der Waals surface area contributed by atoms with Gasteiger partial charge < -0.3 is 19.5 Å². The van der Waals surface area contributed by atoms with Crippen molar-refractivity contribution in [2.45, 2.75) is 209 Å². The number of ether oxygens (including phenoxy) is 3. The van der Waals surface area contributed by atoms with Crippen LogP contribution in [0.5, 0.6) is 0 Å². The predicted molar refractivity (Wildman–Crippen MR) is 240 cm³/mol. The lowest BCUT2D eigenvalue weighted by atomic mass is 9.62. The second kappa shape index (κ2) is 19.2. The topological polar surface area (TPSA) is 148 Å². The zero-order chi connectivity index (χ0) is 42.4. The molecule has 5 aliphatic heterocycles. The van der Waals surface area contributed by atoms with Crippen molar-refractivity contribution in [1.29, 1.82) is 5.26 Å². The molecule has 4 saturated heterocycles. The van der Waals surface area contributed by atoms with Crippen molar-refractivity contribution >= 4 is 23.4 Å². The normalized spacial score (nSPS) is 48.5. The zero-order valence-electron chi connectivity index (χ0n) is 38.2. The Morgan fingerprint density at radius 3 is 2.34 bits per heavy atom. The third-order valence-electron chi connectivity index (χ3n) is 17.9. The highest BCUT2D eigenvalue weighted by molar-refractivity contribution is 8.00. The van der Waals surface area contributed by atoms with E-state index < -0.39 is 0 Å². The van der Waals surface area contributed by atoms with Gasteiger partial charge >= 0.3 is 0 Å². The van der Waals surface area contributed by atoms with Crippen LogP contribution in [-0.2, 0) is 19.0 Å². The van der Waals surface area contributed by atoms with E-state index in [1.165, 1.54) is 57.2 Å². The van der Waals surface area contributed by atoms with E-state index in [1.807, 2.05) is 7.11 Å². The molecule has 9 aliphatic rings. The van der Waals surface area contributed by atoms with E-state index in [-0.39, 0.29) is 60.6 Å². The number of carbonyl (C=O) groups excluding carboxylic acids is 1. The van der Waals surface area contributed by atoms with Gasteiger partial charge in [0.15, 0.2) is 0 Å². The lowest BCUT2D eigenvalue weighted by Gasteiger charge is -2.46. The van der Waals surface area contributed by atoms with Gasteiger partial charge in [-0.1, -0.05) is 13.8 Å². The Balaban J connectivity index is 0.707. The molecule has 5 heterocycles. The summed E-state index contributed by atoms with van der Waals surface area (Å²) in [5.41, 5.74) is 16.1. The fourth-order valence-electron chi connectivity index (χ4n) is 14.0. The molecule has 8 fully saturated rings. The van der Waals surface area contributed by atoms with Crippen LogP contribution in [-0.4, -0.2) is 120 Å². The van der Waals surface area contributed by atoms with E-state index in [4.69, 9.17) is 19.2 Å². The van der Waals surface area contributed by atoms with E-state index in [0.717, 1.165) is 76.7 Å². The number of amides is 1. The van der Waals surface area contributed by atoms with Crippen molar-refractivity contribution in [3.8, 4) is 6.07 Å². The molecule has 0 aromatic rings. The molecule has 0 bridgehead atoms. The number of carbonyl (C=O) groups is 1. The molecule has 14 heteroatoms. The number of nitrogens with one attached hydrogen (secondary N) is 5. The van der Waals surface area contributed by atoms with Crippen LogP contribution in [0, 0.1) is 52.3 Å². The van der Waals surface area contributed by atoms with Gasteiger partial charge in [0.05, 0.1) is 66.3 Å². The van der Waals surface area contributed by atoms with Crippen molar-refractivity contribution in [2.24, 2.45) is 45.9 Å². The summed E-state index contributed by atoms with van der Waals surface area (Å²) in [6.45, 7) is 11.8. The van der Waals surface area contributed by atoms with Crippen LogP contribution >= 0.6 is 11.8 Å².